The van der Waals surface area contributed by atoms with Crippen LogP contribution in [0.4, 0.5) is 17.1 Å². The summed E-state index contributed by atoms with van der Waals surface area (Å²) in [6, 6.07) is 23.7. The molecule has 1 saturated heterocycles. The number of piperidine rings is 1. The predicted octanol–water partition coefficient (Wildman–Crippen LogP) is 6.65. The second kappa shape index (κ2) is 10.0. The summed E-state index contributed by atoms with van der Waals surface area (Å²) in [7, 11) is 1.68. The van der Waals surface area contributed by atoms with Gasteiger partial charge < -0.3 is 19.9 Å². The fourth-order valence-electron chi connectivity index (χ4n) is 5.57. The number of carbonyl (C=O) groups is 1. The van der Waals surface area contributed by atoms with E-state index in [1.165, 1.54) is 36.1 Å². The van der Waals surface area contributed by atoms with Gasteiger partial charge >= 0.3 is 0 Å². The second-order valence-electron chi connectivity index (χ2n) is 9.77. The highest BCUT2D eigenvalue weighted by Gasteiger charge is 2.32. The average Bonchev–Trinajstić information content (AvgIpc) is 2.89. The van der Waals surface area contributed by atoms with Crippen molar-refractivity contribution in [2.45, 2.75) is 51.6 Å². The van der Waals surface area contributed by atoms with Crippen molar-refractivity contribution in [1.82, 2.24) is 0 Å². The predicted molar refractivity (Wildman–Crippen MR) is 145 cm³/mol. The van der Waals surface area contributed by atoms with Gasteiger partial charge in [0.25, 0.3) is 0 Å². The molecule has 0 unspecified atom stereocenters. The minimum Gasteiger partial charge on any atom is -0.497 e. The fraction of sp³-hybridized carbons (Fsp3) is 0.367. The van der Waals surface area contributed by atoms with E-state index in [0.29, 0.717) is 0 Å². The van der Waals surface area contributed by atoms with E-state index >= 15 is 0 Å². The van der Waals surface area contributed by atoms with E-state index in [9.17, 15) is 4.79 Å². The smallest absolute Gasteiger partial charge is 0.224 e. The number of fused-ring (bicyclic) bond motifs is 1. The Morgan fingerprint density at radius 3 is 2.26 bits per heavy atom. The van der Waals surface area contributed by atoms with Crippen LogP contribution in [-0.4, -0.2) is 32.1 Å². The minimum atomic E-state index is 0.0836. The van der Waals surface area contributed by atoms with Crippen LogP contribution in [0.2, 0.25) is 0 Å². The molecule has 5 heteroatoms. The van der Waals surface area contributed by atoms with Gasteiger partial charge in [-0.1, -0.05) is 18.2 Å². The monoisotopic (exact) mass is 469 g/mol. The molecule has 5 rings (SSSR count). The number of rotatable bonds is 5. The third-order valence-corrected chi connectivity index (χ3v) is 7.37. The van der Waals surface area contributed by atoms with Crippen molar-refractivity contribution in [2.24, 2.45) is 0 Å². The number of ether oxygens (including phenoxy) is 1. The molecule has 0 saturated carbocycles. The van der Waals surface area contributed by atoms with Gasteiger partial charge in [-0.3, -0.25) is 4.79 Å². The molecule has 1 amide bonds. The minimum absolute atomic E-state index is 0.0836. The standard InChI is InChI=1S/C30H35N3O2/c1-21-19-29(31-25-10-14-27(35-3)15-11-25)28-20-24(9-16-30(28)33(21)22(2)34)23-7-12-26(13-8-23)32-17-5-4-6-18-32/h7-16,20-21,29,31H,4-6,17-19H2,1-3H3/t21-,29+/m1/s1. The van der Waals surface area contributed by atoms with E-state index in [-0.39, 0.29) is 18.0 Å². The number of nitrogens with zero attached hydrogens (tertiary/aromatic N) is 2. The van der Waals surface area contributed by atoms with Crippen LogP contribution in [-0.2, 0) is 4.79 Å². The SMILES string of the molecule is COc1ccc(N[C@H]2C[C@@H](C)N(C(C)=O)c3ccc(-c4ccc(N5CCCCC5)cc4)cc32)cc1. The highest BCUT2D eigenvalue weighted by atomic mass is 16.5. The molecule has 182 valence electrons. The first-order valence-electron chi connectivity index (χ1n) is 12.7. The second-order valence-corrected chi connectivity index (χ2v) is 9.77. The molecule has 5 nitrogen and oxygen atoms in total. The number of carbonyl (C=O) groups excluding carboxylic acids is 1. The molecular formula is C30H35N3O2. The average molecular weight is 470 g/mol. The van der Waals surface area contributed by atoms with E-state index in [0.717, 1.165) is 42.2 Å². The molecule has 2 atom stereocenters. The molecule has 0 bridgehead atoms. The quantitative estimate of drug-likeness (QED) is 0.454. The summed E-state index contributed by atoms with van der Waals surface area (Å²) >= 11 is 0. The first kappa shape index (κ1) is 23.3. The maximum Gasteiger partial charge on any atom is 0.224 e. The lowest BCUT2D eigenvalue weighted by molar-refractivity contribution is -0.117. The van der Waals surface area contributed by atoms with Gasteiger partial charge in [0.15, 0.2) is 0 Å². The normalized spacial score (nSPS) is 19.7. The lowest BCUT2D eigenvalue weighted by Gasteiger charge is -2.39. The third kappa shape index (κ3) is 4.86. The fourth-order valence-corrected chi connectivity index (χ4v) is 5.57. The Balaban J connectivity index is 1.46. The number of benzene rings is 3. The molecule has 35 heavy (non-hydrogen) atoms. The summed E-state index contributed by atoms with van der Waals surface area (Å²) < 4.78 is 5.31. The molecule has 3 aromatic rings. The van der Waals surface area contributed by atoms with Crippen molar-refractivity contribution in [2.75, 3.05) is 35.3 Å². The van der Waals surface area contributed by atoms with Crippen LogP contribution >= 0.6 is 0 Å². The first-order chi connectivity index (χ1) is 17.0. The van der Waals surface area contributed by atoms with Crippen LogP contribution < -0.4 is 19.9 Å². The van der Waals surface area contributed by atoms with E-state index in [1.807, 2.05) is 29.2 Å². The topological polar surface area (TPSA) is 44.8 Å². The molecule has 2 heterocycles. The lowest BCUT2D eigenvalue weighted by atomic mass is 9.89. The maximum absolute atomic E-state index is 12.5. The number of anilines is 3. The van der Waals surface area contributed by atoms with Crippen molar-refractivity contribution in [3.8, 4) is 16.9 Å². The molecular weight excluding hydrogens is 434 g/mol. The highest BCUT2D eigenvalue weighted by molar-refractivity contribution is 5.94. The summed E-state index contributed by atoms with van der Waals surface area (Å²) in [5, 5.41) is 3.71. The molecule has 2 aliphatic heterocycles. The van der Waals surface area contributed by atoms with Gasteiger partial charge in [0.05, 0.1) is 13.2 Å². The molecule has 0 spiro atoms. The van der Waals surface area contributed by atoms with E-state index in [2.05, 4.69) is 59.6 Å². The zero-order chi connectivity index (χ0) is 24.4. The molecule has 2 aliphatic rings. The highest BCUT2D eigenvalue weighted by Crippen LogP contribution is 2.41. The van der Waals surface area contributed by atoms with Crippen LogP contribution in [0, 0.1) is 0 Å². The van der Waals surface area contributed by atoms with Crippen LogP contribution in [0.3, 0.4) is 0 Å². The maximum atomic E-state index is 12.5. The van der Waals surface area contributed by atoms with Crippen molar-refractivity contribution < 1.29 is 9.53 Å². The molecule has 1 N–H and O–H groups in total. The summed E-state index contributed by atoms with van der Waals surface area (Å²) in [6.45, 7) is 6.08. The van der Waals surface area contributed by atoms with Gasteiger partial charge in [0, 0.05) is 43.1 Å². The summed E-state index contributed by atoms with van der Waals surface area (Å²) in [5.41, 5.74) is 6.88. The largest absolute Gasteiger partial charge is 0.497 e. The zero-order valence-corrected chi connectivity index (χ0v) is 21.0. The van der Waals surface area contributed by atoms with E-state index < -0.39 is 0 Å². The van der Waals surface area contributed by atoms with Crippen LogP contribution in [0.25, 0.3) is 11.1 Å². The Hall–Kier alpha value is -3.47. The lowest BCUT2D eigenvalue weighted by Crippen LogP contribution is -2.43. The van der Waals surface area contributed by atoms with E-state index in [4.69, 9.17) is 4.74 Å². The number of hydrogen-bond donors (Lipinski definition) is 1. The zero-order valence-electron chi connectivity index (χ0n) is 21.0. The first-order valence-corrected chi connectivity index (χ1v) is 12.7. The van der Waals surface area contributed by atoms with Crippen molar-refractivity contribution in [3.05, 3.63) is 72.3 Å². The Bertz CT molecular complexity index is 1170. The van der Waals surface area contributed by atoms with E-state index in [1.54, 1.807) is 14.0 Å². The molecule has 0 aromatic heterocycles. The van der Waals surface area contributed by atoms with Crippen LogP contribution in [0.15, 0.2) is 66.7 Å². The van der Waals surface area contributed by atoms with Crippen molar-refractivity contribution in [1.29, 1.82) is 0 Å². The molecule has 0 aliphatic carbocycles. The van der Waals surface area contributed by atoms with Gasteiger partial charge in [-0.25, -0.2) is 0 Å². The third-order valence-electron chi connectivity index (χ3n) is 7.37. The Kier molecular flexibility index (Phi) is 6.67. The molecule has 0 radical (unpaired) electrons. The summed E-state index contributed by atoms with van der Waals surface area (Å²) in [6.07, 6.45) is 4.74. The molecule has 3 aromatic carbocycles. The Morgan fingerprint density at radius 2 is 1.60 bits per heavy atom. The number of nitrogens with one attached hydrogen (secondary N) is 1. The summed E-state index contributed by atoms with van der Waals surface area (Å²) in [4.78, 5) is 17.0. The Morgan fingerprint density at radius 1 is 0.914 bits per heavy atom. The Labute approximate surface area is 208 Å². The van der Waals surface area contributed by atoms with Crippen molar-refractivity contribution >= 4 is 23.0 Å². The van der Waals surface area contributed by atoms with Gasteiger partial charge in [0.1, 0.15) is 5.75 Å². The van der Waals surface area contributed by atoms with Gasteiger partial charge in [-0.05, 0) is 97.8 Å². The number of methoxy groups -OCH3 is 1. The van der Waals surface area contributed by atoms with Gasteiger partial charge in [-0.2, -0.15) is 0 Å². The van der Waals surface area contributed by atoms with Crippen molar-refractivity contribution in [3.63, 3.8) is 0 Å². The number of amides is 1. The van der Waals surface area contributed by atoms with Crippen LogP contribution in [0.1, 0.15) is 51.1 Å². The summed E-state index contributed by atoms with van der Waals surface area (Å²) in [5.74, 6) is 0.922. The van der Waals surface area contributed by atoms with Gasteiger partial charge in [-0.15, -0.1) is 0 Å². The number of hydrogen-bond acceptors (Lipinski definition) is 4. The van der Waals surface area contributed by atoms with Gasteiger partial charge in [0.2, 0.25) is 5.91 Å². The molecule has 1 fully saturated rings. The van der Waals surface area contributed by atoms with Crippen LogP contribution in [0.5, 0.6) is 5.75 Å².